The molecule has 0 spiro atoms. The molecule has 7 heteroatoms. The number of H-pyrrole nitrogens is 1. The summed E-state index contributed by atoms with van der Waals surface area (Å²) >= 11 is 0. The van der Waals surface area contributed by atoms with E-state index in [1.165, 1.54) is 11.5 Å². The minimum atomic E-state index is -3.63. The van der Waals surface area contributed by atoms with Gasteiger partial charge < -0.3 is 0 Å². The van der Waals surface area contributed by atoms with Gasteiger partial charge in [0.15, 0.2) is 0 Å². The average molecular weight is 454 g/mol. The molecule has 0 saturated heterocycles. The van der Waals surface area contributed by atoms with Crippen molar-refractivity contribution < 1.29 is 12.8 Å². The lowest BCUT2D eigenvalue weighted by atomic mass is 9.91. The Hall–Kier alpha value is -2.77. The first-order valence-electron chi connectivity index (χ1n) is 11.0. The number of aromatic nitrogens is 2. The number of hydrogen-bond acceptors (Lipinski definition) is 3. The fourth-order valence-corrected chi connectivity index (χ4v) is 5.39. The molecule has 0 saturated carbocycles. The van der Waals surface area contributed by atoms with E-state index in [2.05, 4.69) is 14.9 Å². The Balaban J connectivity index is 1.51. The van der Waals surface area contributed by atoms with Crippen LogP contribution in [0.15, 0.2) is 60.0 Å². The highest BCUT2D eigenvalue weighted by Gasteiger charge is 2.24. The second-order valence-corrected chi connectivity index (χ2v) is 9.97. The molecule has 0 aliphatic heterocycles. The van der Waals surface area contributed by atoms with Crippen molar-refractivity contribution in [2.45, 2.75) is 51.0 Å². The molecule has 3 aromatic rings. The predicted octanol–water partition coefficient (Wildman–Crippen LogP) is 5.25. The van der Waals surface area contributed by atoms with Crippen molar-refractivity contribution in [2.24, 2.45) is 0 Å². The van der Waals surface area contributed by atoms with Crippen LogP contribution in [0.3, 0.4) is 0 Å². The van der Waals surface area contributed by atoms with Crippen molar-refractivity contribution in [3.05, 3.63) is 93.9 Å². The standard InChI is InChI=1S/C25H28FN3O2S/c1-18(20-9-3-2-4-10-20)29-32(30,31)15-14-24-23-13-6-5-11-21(25(23)28-27-24)16-19-8-7-12-22(26)17-19/h2-4,7-10,12,14-15,17-18,21,29H,5-6,11,13,16H2,1H3,(H,27,28)/b15-14+/t18-,21?/m0/s1. The summed E-state index contributed by atoms with van der Waals surface area (Å²) in [5.41, 5.74) is 4.61. The van der Waals surface area contributed by atoms with Gasteiger partial charge in [-0.15, -0.1) is 0 Å². The van der Waals surface area contributed by atoms with E-state index in [1.807, 2.05) is 43.3 Å². The van der Waals surface area contributed by atoms with E-state index in [1.54, 1.807) is 18.2 Å². The lowest BCUT2D eigenvalue weighted by Crippen LogP contribution is -2.24. The second kappa shape index (κ2) is 9.79. The third kappa shape index (κ3) is 5.53. The maximum absolute atomic E-state index is 13.6. The van der Waals surface area contributed by atoms with E-state index in [0.29, 0.717) is 5.69 Å². The summed E-state index contributed by atoms with van der Waals surface area (Å²) in [6, 6.07) is 15.8. The zero-order valence-corrected chi connectivity index (χ0v) is 18.9. The average Bonchev–Trinajstić information content (AvgIpc) is 3.07. The summed E-state index contributed by atoms with van der Waals surface area (Å²) in [6.45, 7) is 1.82. The molecule has 0 fully saturated rings. The fraction of sp³-hybridized carbons (Fsp3) is 0.320. The van der Waals surface area contributed by atoms with Crippen LogP contribution < -0.4 is 4.72 Å². The largest absolute Gasteiger partial charge is 0.281 e. The zero-order valence-electron chi connectivity index (χ0n) is 18.1. The predicted molar refractivity (Wildman–Crippen MR) is 125 cm³/mol. The highest BCUT2D eigenvalue weighted by molar-refractivity contribution is 7.92. The van der Waals surface area contributed by atoms with Gasteiger partial charge in [-0.1, -0.05) is 48.9 Å². The summed E-state index contributed by atoms with van der Waals surface area (Å²) in [7, 11) is -3.63. The molecule has 5 nitrogen and oxygen atoms in total. The third-order valence-electron chi connectivity index (χ3n) is 5.99. The van der Waals surface area contributed by atoms with E-state index in [4.69, 9.17) is 0 Å². The summed E-state index contributed by atoms with van der Waals surface area (Å²) in [5, 5.41) is 8.74. The van der Waals surface area contributed by atoms with Gasteiger partial charge in [0, 0.05) is 28.6 Å². The van der Waals surface area contributed by atoms with Crippen LogP contribution in [0.4, 0.5) is 4.39 Å². The van der Waals surface area contributed by atoms with E-state index in [-0.39, 0.29) is 17.8 Å². The Morgan fingerprint density at radius 3 is 2.78 bits per heavy atom. The number of aromatic amines is 1. The highest BCUT2D eigenvalue weighted by atomic mass is 32.2. The summed E-state index contributed by atoms with van der Waals surface area (Å²) < 4.78 is 41.5. The van der Waals surface area contributed by atoms with E-state index in [0.717, 1.165) is 54.5 Å². The minimum absolute atomic E-state index is 0.205. The lowest BCUT2D eigenvalue weighted by Gasteiger charge is -2.14. The number of benzene rings is 2. The molecule has 1 unspecified atom stereocenters. The first-order valence-corrected chi connectivity index (χ1v) is 12.5. The number of halogens is 1. The third-order valence-corrected chi connectivity index (χ3v) is 7.16. The monoisotopic (exact) mass is 453 g/mol. The van der Waals surface area contributed by atoms with Crippen molar-refractivity contribution >= 4 is 16.1 Å². The van der Waals surface area contributed by atoms with Gasteiger partial charge in [0.25, 0.3) is 0 Å². The molecule has 1 aliphatic rings. The highest BCUT2D eigenvalue weighted by Crippen LogP contribution is 2.33. The van der Waals surface area contributed by atoms with Crippen LogP contribution >= 0.6 is 0 Å². The SMILES string of the molecule is C[C@H](NS(=O)(=O)/C=C/c1n[nH]c2c1CCCCC2Cc1cccc(F)c1)c1ccccc1. The zero-order chi connectivity index (χ0) is 22.6. The quantitative estimate of drug-likeness (QED) is 0.480. The van der Waals surface area contributed by atoms with Gasteiger partial charge in [-0.05, 0) is 61.9 Å². The molecule has 2 atom stereocenters. The van der Waals surface area contributed by atoms with Crippen LogP contribution in [0.1, 0.15) is 66.2 Å². The van der Waals surface area contributed by atoms with Crippen molar-refractivity contribution in [1.29, 1.82) is 0 Å². The number of sulfonamides is 1. The van der Waals surface area contributed by atoms with Crippen LogP contribution in [0.2, 0.25) is 0 Å². The normalized spacial score (nSPS) is 17.8. The minimum Gasteiger partial charge on any atom is -0.281 e. The molecule has 32 heavy (non-hydrogen) atoms. The van der Waals surface area contributed by atoms with Gasteiger partial charge in [-0.3, -0.25) is 5.10 Å². The number of nitrogens with one attached hydrogen (secondary N) is 2. The summed E-state index contributed by atoms with van der Waals surface area (Å²) in [5.74, 6) is -0.0243. The topological polar surface area (TPSA) is 74.8 Å². The van der Waals surface area contributed by atoms with Gasteiger partial charge in [-0.25, -0.2) is 17.5 Å². The molecule has 1 heterocycles. The summed E-state index contributed by atoms with van der Waals surface area (Å²) in [4.78, 5) is 0. The number of rotatable bonds is 7. The van der Waals surface area contributed by atoms with Crippen LogP contribution in [0.5, 0.6) is 0 Å². The maximum Gasteiger partial charge on any atom is 0.234 e. The molecule has 2 N–H and O–H groups in total. The maximum atomic E-state index is 13.6. The van der Waals surface area contributed by atoms with Gasteiger partial charge in [0.2, 0.25) is 10.0 Å². The first kappa shape index (κ1) is 22.4. The smallest absolute Gasteiger partial charge is 0.234 e. The molecule has 1 aromatic heterocycles. The summed E-state index contributed by atoms with van der Waals surface area (Å²) in [6.07, 6.45) is 6.22. The van der Waals surface area contributed by atoms with Crippen LogP contribution in [0, 0.1) is 5.82 Å². The first-order chi connectivity index (χ1) is 15.4. The van der Waals surface area contributed by atoms with Gasteiger partial charge in [0.05, 0.1) is 5.69 Å². The Labute approximate surface area is 188 Å². The van der Waals surface area contributed by atoms with Crippen molar-refractivity contribution in [1.82, 2.24) is 14.9 Å². The molecule has 1 aliphatic carbocycles. The van der Waals surface area contributed by atoms with E-state index in [9.17, 15) is 12.8 Å². The van der Waals surface area contributed by atoms with Crippen LogP contribution in [-0.2, 0) is 22.9 Å². The molecule has 0 amide bonds. The van der Waals surface area contributed by atoms with Crippen LogP contribution in [-0.4, -0.2) is 18.6 Å². The number of nitrogens with zero attached hydrogens (tertiary/aromatic N) is 1. The van der Waals surface area contributed by atoms with E-state index < -0.39 is 10.0 Å². The number of fused-ring (bicyclic) bond motifs is 1. The van der Waals surface area contributed by atoms with Crippen molar-refractivity contribution in [3.63, 3.8) is 0 Å². The Morgan fingerprint density at radius 1 is 1.19 bits per heavy atom. The Morgan fingerprint density at radius 2 is 2.00 bits per heavy atom. The molecule has 4 rings (SSSR count). The molecular formula is C25H28FN3O2S. The van der Waals surface area contributed by atoms with Gasteiger partial charge >= 0.3 is 0 Å². The number of hydrogen-bond donors (Lipinski definition) is 2. The molecular weight excluding hydrogens is 425 g/mol. The Kier molecular flexibility index (Phi) is 6.86. The Bertz CT molecular complexity index is 1190. The molecule has 168 valence electrons. The second-order valence-electron chi connectivity index (χ2n) is 8.38. The van der Waals surface area contributed by atoms with Crippen LogP contribution in [0.25, 0.3) is 6.08 Å². The van der Waals surface area contributed by atoms with Gasteiger partial charge in [-0.2, -0.15) is 5.10 Å². The molecule has 0 bridgehead atoms. The van der Waals surface area contributed by atoms with E-state index >= 15 is 0 Å². The molecule has 0 radical (unpaired) electrons. The van der Waals surface area contributed by atoms with Crippen molar-refractivity contribution in [3.8, 4) is 0 Å². The van der Waals surface area contributed by atoms with Gasteiger partial charge in [0.1, 0.15) is 5.82 Å². The lowest BCUT2D eigenvalue weighted by molar-refractivity contribution is 0.573. The molecule has 2 aromatic carbocycles. The van der Waals surface area contributed by atoms with Crippen molar-refractivity contribution in [2.75, 3.05) is 0 Å². The fourth-order valence-electron chi connectivity index (χ4n) is 4.37.